The van der Waals surface area contributed by atoms with Crippen LogP contribution in [0.15, 0.2) is 23.8 Å². The third-order valence-electron chi connectivity index (χ3n) is 2.95. The first-order valence-electron chi connectivity index (χ1n) is 4.81. The number of rotatable bonds is 1. The molecule has 1 aliphatic carbocycles. The molecule has 0 bridgehead atoms. The molecule has 0 aromatic carbocycles. The van der Waals surface area contributed by atoms with E-state index in [4.69, 9.17) is 5.26 Å². The van der Waals surface area contributed by atoms with E-state index in [-0.39, 0.29) is 0 Å². The van der Waals surface area contributed by atoms with Gasteiger partial charge in [-0.15, -0.1) is 0 Å². The van der Waals surface area contributed by atoms with Crippen molar-refractivity contribution in [3.63, 3.8) is 0 Å². The van der Waals surface area contributed by atoms with Crippen molar-refractivity contribution in [2.45, 2.75) is 33.6 Å². The zero-order chi connectivity index (χ0) is 9.90. The van der Waals surface area contributed by atoms with Crippen molar-refractivity contribution in [3.8, 4) is 6.07 Å². The Balaban J connectivity index is 2.89. The summed E-state index contributed by atoms with van der Waals surface area (Å²) >= 11 is 0. The van der Waals surface area contributed by atoms with Crippen LogP contribution >= 0.6 is 0 Å². The molecule has 0 aromatic heterocycles. The van der Waals surface area contributed by atoms with Crippen LogP contribution in [0.5, 0.6) is 0 Å². The number of allylic oxidation sites excluding steroid dienone is 4. The average molecular weight is 175 g/mol. The van der Waals surface area contributed by atoms with Crippen LogP contribution in [0.1, 0.15) is 33.6 Å². The molecular weight excluding hydrogens is 158 g/mol. The summed E-state index contributed by atoms with van der Waals surface area (Å²) in [6.45, 7) is 6.71. The molecule has 70 valence electrons. The first-order chi connectivity index (χ1) is 6.08. The molecule has 0 aliphatic heterocycles. The highest BCUT2D eigenvalue weighted by Gasteiger charge is 2.30. The molecular formula is C12H17N. The van der Waals surface area contributed by atoms with Crippen molar-refractivity contribution in [1.29, 1.82) is 5.26 Å². The minimum atomic E-state index is 0.312. The van der Waals surface area contributed by atoms with Crippen molar-refractivity contribution < 1.29 is 0 Å². The largest absolute Gasteiger partial charge is 0.193 e. The highest BCUT2D eigenvalue weighted by atomic mass is 14.3. The van der Waals surface area contributed by atoms with E-state index >= 15 is 0 Å². The highest BCUT2D eigenvalue weighted by Crippen LogP contribution is 2.41. The van der Waals surface area contributed by atoms with E-state index in [1.807, 2.05) is 6.08 Å². The molecule has 0 amide bonds. The van der Waals surface area contributed by atoms with Crippen LogP contribution in [-0.4, -0.2) is 0 Å². The van der Waals surface area contributed by atoms with Gasteiger partial charge < -0.3 is 0 Å². The van der Waals surface area contributed by atoms with Gasteiger partial charge >= 0.3 is 0 Å². The van der Waals surface area contributed by atoms with Crippen LogP contribution < -0.4 is 0 Å². The second-order valence-electron chi connectivity index (χ2n) is 4.44. The fourth-order valence-electron chi connectivity index (χ4n) is 2.12. The second-order valence-corrected chi connectivity index (χ2v) is 4.44. The zero-order valence-corrected chi connectivity index (χ0v) is 8.67. The summed E-state index contributed by atoms with van der Waals surface area (Å²) in [4.78, 5) is 0. The van der Waals surface area contributed by atoms with E-state index in [1.165, 1.54) is 18.4 Å². The highest BCUT2D eigenvalue weighted by molar-refractivity contribution is 5.21. The number of nitrogens with zero attached hydrogens (tertiary/aromatic N) is 1. The van der Waals surface area contributed by atoms with Crippen molar-refractivity contribution in [2.24, 2.45) is 11.3 Å². The lowest BCUT2D eigenvalue weighted by molar-refractivity contribution is 0.255. The Morgan fingerprint density at radius 1 is 1.62 bits per heavy atom. The maximum Gasteiger partial charge on any atom is 0.0908 e. The molecule has 0 spiro atoms. The summed E-state index contributed by atoms with van der Waals surface area (Å²) in [5.41, 5.74) is 1.72. The van der Waals surface area contributed by atoms with Gasteiger partial charge in [-0.05, 0) is 25.2 Å². The van der Waals surface area contributed by atoms with Crippen molar-refractivity contribution in [3.05, 3.63) is 23.8 Å². The van der Waals surface area contributed by atoms with Crippen LogP contribution in [0.4, 0.5) is 0 Å². The first kappa shape index (κ1) is 10.1. The molecule has 0 saturated heterocycles. The standard InChI is InChI=1S/C12H17N/c1-10-6-4-8-12(2,3)11(10)7-5-9-13/h5-7,11H,4,8H2,1-3H3. The summed E-state index contributed by atoms with van der Waals surface area (Å²) in [5.74, 6) is 0.445. The second kappa shape index (κ2) is 3.79. The van der Waals surface area contributed by atoms with E-state index in [0.29, 0.717) is 11.3 Å². The summed E-state index contributed by atoms with van der Waals surface area (Å²) in [6.07, 6.45) is 8.32. The third kappa shape index (κ3) is 2.21. The lowest BCUT2D eigenvalue weighted by atomic mass is 9.68. The molecule has 1 atom stereocenters. The Hall–Kier alpha value is -1.03. The number of nitriles is 1. The monoisotopic (exact) mass is 175 g/mol. The summed E-state index contributed by atoms with van der Waals surface area (Å²) < 4.78 is 0. The van der Waals surface area contributed by atoms with Gasteiger partial charge in [0.25, 0.3) is 0 Å². The Bertz CT molecular complexity index is 276. The molecule has 1 heteroatoms. The maximum atomic E-state index is 8.50. The van der Waals surface area contributed by atoms with E-state index in [1.54, 1.807) is 6.08 Å². The summed E-state index contributed by atoms with van der Waals surface area (Å²) in [6, 6.07) is 2.07. The number of hydrogen-bond acceptors (Lipinski definition) is 1. The van der Waals surface area contributed by atoms with Gasteiger partial charge in [-0.2, -0.15) is 5.26 Å². The summed E-state index contributed by atoms with van der Waals surface area (Å²) in [7, 11) is 0. The van der Waals surface area contributed by atoms with E-state index in [2.05, 4.69) is 32.9 Å². The summed E-state index contributed by atoms with van der Waals surface area (Å²) in [5, 5.41) is 8.50. The SMILES string of the molecule is CC1=CCCC(C)(C)C1C=CC#N. The molecule has 1 nitrogen and oxygen atoms in total. The van der Waals surface area contributed by atoms with Gasteiger partial charge in [0, 0.05) is 12.0 Å². The van der Waals surface area contributed by atoms with Crippen LogP contribution in [0.2, 0.25) is 0 Å². The molecule has 13 heavy (non-hydrogen) atoms. The number of hydrogen-bond donors (Lipinski definition) is 0. The Morgan fingerprint density at radius 3 is 2.85 bits per heavy atom. The Kier molecular flexibility index (Phi) is 2.93. The third-order valence-corrected chi connectivity index (χ3v) is 2.95. The molecule has 0 N–H and O–H groups in total. The van der Waals surface area contributed by atoms with Crippen molar-refractivity contribution >= 4 is 0 Å². The molecule has 1 aliphatic rings. The molecule has 1 rings (SSSR count). The van der Waals surface area contributed by atoms with Crippen molar-refractivity contribution in [2.75, 3.05) is 0 Å². The van der Waals surface area contributed by atoms with E-state index in [9.17, 15) is 0 Å². The zero-order valence-electron chi connectivity index (χ0n) is 8.67. The molecule has 0 saturated carbocycles. The minimum Gasteiger partial charge on any atom is -0.193 e. The lowest BCUT2D eigenvalue weighted by Crippen LogP contribution is -2.26. The molecule has 0 radical (unpaired) electrons. The first-order valence-corrected chi connectivity index (χ1v) is 4.81. The van der Waals surface area contributed by atoms with Crippen molar-refractivity contribution in [1.82, 2.24) is 0 Å². The van der Waals surface area contributed by atoms with E-state index in [0.717, 1.165) is 0 Å². The Labute approximate surface area is 80.8 Å². The van der Waals surface area contributed by atoms with Gasteiger partial charge in [0.05, 0.1) is 6.07 Å². The normalized spacial score (nSPS) is 26.9. The Morgan fingerprint density at radius 2 is 2.31 bits per heavy atom. The predicted molar refractivity (Wildman–Crippen MR) is 55.0 cm³/mol. The van der Waals surface area contributed by atoms with Crippen LogP contribution in [0, 0.1) is 22.7 Å². The van der Waals surface area contributed by atoms with Gasteiger partial charge in [0.1, 0.15) is 0 Å². The maximum absolute atomic E-state index is 8.50. The lowest BCUT2D eigenvalue weighted by Gasteiger charge is -2.36. The van der Waals surface area contributed by atoms with Gasteiger partial charge in [0.15, 0.2) is 0 Å². The van der Waals surface area contributed by atoms with Gasteiger partial charge in [-0.1, -0.05) is 31.6 Å². The minimum absolute atomic E-state index is 0.312. The van der Waals surface area contributed by atoms with Crippen LogP contribution in [-0.2, 0) is 0 Å². The fourth-order valence-corrected chi connectivity index (χ4v) is 2.12. The predicted octanol–water partition coefficient (Wildman–Crippen LogP) is 3.45. The molecule has 0 aromatic rings. The van der Waals surface area contributed by atoms with Gasteiger partial charge in [-0.3, -0.25) is 0 Å². The molecule has 1 unspecified atom stereocenters. The topological polar surface area (TPSA) is 23.8 Å². The van der Waals surface area contributed by atoms with Gasteiger partial charge in [0.2, 0.25) is 0 Å². The molecule has 0 fully saturated rings. The fraction of sp³-hybridized carbons (Fsp3) is 0.583. The quantitative estimate of drug-likeness (QED) is 0.442. The van der Waals surface area contributed by atoms with Crippen LogP contribution in [0.25, 0.3) is 0 Å². The smallest absolute Gasteiger partial charge is 0.0908 e. The van der Waals surface area contributed by atoms with Gasteiger partial charge in [-0.25, -0.2) is 0 Å². The molecule has 0 heterocycles. The van der Waals surface area contributed by atoms with Crippen LogP contribution in [0.3, 0.4) is 0 Å². The average Bonchev–Trinajstić information content (AvgIpc) is 2.02. The van der Waals surface area contributed by atoms with E-state index < -0.39 is 0 Å².